The second-order valence-corrected chi connectivity index (χ2v) is 10.2. The van der Waals surface area contributed by atoms with Crippen LogP contribution in [-0.4, -0.2) is 51.4 Å². The normalized spacial score (nSPS) is 16.6. The summed E-state index contributed by atoms with van der Waals surface area (Å²) in [6.45, 7) is 6.68. The number of amides is 1. The van der Waals surface area contributed by atoms with Crippen LogP contribution in [0.3, 0.4) is 0 Å². The molecule has 1 fully saturated rings. The van der Waals surface area contributed by atoms with Crippen molar-refractivity contribution >= 4 is 33.0 Å². The average molecular weight is 409 g/mol. The zero-order chi connectivity index (χ0) is 19.4. The summed E-state index contributed by atoms with van der Waals surface area (Å²) in [4.78, 5) is 13.6. The zero-order valence-electron chi connectivity index (χ0n) is 15.6. The molecular formula is C19H26N3O3S2+. The molecule has 0 radical (unpaired) electrons. The minimum absolute atomic E-state index is 0.0346. The largest absolute Gasteiger partial charge is 0.325 e. The number of rotatable bonds is 6. The van der Waals surface area contributed by atoms with Crippen LogP contribution in [-0.2, 0) is 14.8 Å². The first-order chi connectivity index (χ1) is 12.9. The zero-order valence-corrected chi connectivity index (χ0v) is 17.3. The van der Waals surface area contributed by atoms with Gasteiger partial charge in [-0.25, -0.2) is 8.42 Å². The fourth-order valence-corrected chi connectivity index (χ4v) is 5.88. The fraction of sp³-hybridized carbons (Fsp3) is 0.421. The molecule has 1 aromatic heterocycles. The number of anilines is 1. The molecule has 0 unspecified atom stereocenters. The molecule has 0 spiro atoms. The molecule has 0 saturated carbocycles. The van der Waals surface area contributed by atoms with Crippen molar-refractivity contribution in [2.24, 2.45) is 0 Å². The Bertz CT molecular complexity index is 871. The molecule has 1 aliphatic rings. The van der Waals surface area contributed by atoms with E-state index in [1.54, 1.807) is 17.5 Å². The molecule has 1 saturated heterocycles. The first kappa shape index (κ1) is 20.0. The molecule has 0 aliphatic carbocycles. The predicted molar refractivity (Wildman–Crippen MR) is 108 cm³/mol. The lowest BCUT2D eigenvalue weighted by Gasteiger charge is -2.30. The van der Waals surface area contributed by atoms with Gasteiger partial charge in [-0.15, -0.1) is 11.3 Å². The van der Waals surface area contributed by atoms with Crippen LogP contribution < -0.4 is 10.2 Å². The molecule has 146 valence electrons. The second-order valence-electron chi connectivity index (χ2n) is 7.05. The monoisotopic (exact) mass is 408 g/mol. The summed E-state index contributed by atoms with van der Waals surface area (Å²) in [6, 6.07) is 11.2. The highest BCUT2D eigenvalue weighted by atomic mass is 32.2. The topological polar surface area (TPSA) is 70.9 Å². The Morgan fingerprint density at radius 1 is 1.19 bits per heavy atom. The van der Waals surface area contributed by atoms with Gasteiger partial charge in [-0.3, -0.25) is 4.79 Å². The lowest BCUT2D eigenvalue weighted by atomic mass is 10.0. The number of hydrogen-bond donors (Lipinski definition) is 2. The predicted octanol–water partition coefficient (Wildman–Crippen LogP) is 1.40. The van der Waals surface area contributed by atoms with Gasteiger partial charge in [0.2, 0.25) is 0 Å². The van der Waals surface area contributed by atoms with Crippen LogP contribution in [0.2, 0.25) is 0 Å². The number of carbonyl (C=O) groups excluding carboxylic acids is 1. The molecule has 8 heteroatoms. The van der Waals surface area contributed by atoms with Crippen molar-refractivity contribution in [2.75, 3.05) is 38.0 Å². The second kappa shape index (κ2) is 8.52. The maximum absolute atomic E-state index is 12.6. The molecular weight excluding hydrogens is 382 g/mol. The summed E-state index contributed by atoms with van der Waals surface area (Å²) in [5.74, 6) is 0.299. The third-order valence-corrected chi connectivity index (χ3v) is 8.06. The van der Waals surface area contributed by atoms with E-state index in [-0.39, 0.29) is 5.91 Å². The number of piperazine rings is 1. The van der Waals surface area contributed by atoms with Gasteiger partial charge in [0.25, 0.3) is 15.9 Å². The Kier molecular flexibility index (Phi) is 6.31. The van der Waals surface area contributed by atoms with Gasteiger partial charge in [-0.05, 0) is 29.0 Å². The van der Waals surface area contributed by atoms with E-state index in [4.69, 9.17) is 0 Å². The number of nitrogens with one attached hydrogen (secondary N) is 2. The van der Waals surface area contributed by atoms with Crippen molar-refractivity contribution in [3.63, 3.8) is 0 Å². The fourth-order valence-electron chi connectivity index (χ4n) is 3.29. The Hall–Kier alpha value is -1.74. The molecule has 1 amide bonds. The number of quaternary nitrogens is 1. The van der Waals surface area contributed by atoms with Crippen LogP contribution in [0.25, 0.3) is 0 Å². The van der Waals surface area contributed by atoms with Crippen molar-refractivity contribution < 1.29 is 18.1 Å². The minimum atomic E-state index is -3.40. The number of nitrogens with zero attached hydrogens (tertiary/aromatic N) is 1. The lowest BCUT2D eigenvalue weighted by molar-refractivity contribution is -0.895. The van der Waals surface area contributed by atoms with Crippen LogP contribution >= 0.6 is 11.3 Å². The maximum atomic E-state index is 12.6. The summed E-state index contributed by atoms with van der Waals surface area (Å²) in [7, 11) is -3.40. The molecule has 2 aromatic rings. The van der Waals surface area contributed by atoms with Gasteiger partial charge >= 0.3 is 0 Å². The van der Waals surface area contributed by atoms with Gasteiger partial charge in [0.1, 0.15) is 4.21 Å². The highest BCUT2D eigenvalue weighted by Crippen LogP contribution is 2.23. The number of hydrogen-bond acceptors (Lipinski definition) is 4. The molecule has 1 aliphatic heterocycles. The number of carbonyl (C=O) groups is 1. The van der Waals surface area contributed by atoms with Gasteiger partial charge in [0, 0.05) is 5.69 Å². The first-order valence-electron chi connectivity index (χ1n) is 9.14. The lowest BCUT2D eigenvalue weighted by Crippen LogP contribution is -3.15. The molecule has 1 aromatic carbocycles. The molecule has 6 nitrogen and oxygen atoms in total. The highest BCUT2D eigenvalue weighted by molar-refractivity contribution is 7.91. The van der Waals surface area contributed by atoms with Crippen molar-refractivity contribution in [2.45, 2.75) is 24.0 Å². The van der Waals surface area contributed by atoms with Crippen LogP contribution in [0.4, 0.5) is 5.69 Å². The van der Waals surface area contributed by atoms with E-state index in [1.165, 1.54) is 15.6 Å². The molecule has 0 bridgehead atoms. The summed E-state index contributed by atoms with van der Waals surface area (Å²) < 4.78 is 27.0. The molecule has 3 rings (SSSR count). The van der Waals surface area contributed by atoms with Crippen molar-refractivity contribution in [3.05, 3.63) is 47.3 Å². The van der Waals surface area contributed by atoms with Crippen LogP contribution in [0.1, 0.15) is 25.3 Å². The average Bonchev–Trinajstić information content (AvgIpc) is 3.18. The van der Waals surface area contributed by atoms with Crippen LogP contribution in [0.5, 0.6) is 0 Å². The summed E-state index contributed by atoms with van der Waals surface area (Å²) in [5, 5.41) is 4.78. The third-order valence-electron chi connectivity index (χ3n) is 4.79. The van der Waals surface area contributed by atoms with Gasteiger partial charge < -0.3 is 10.2 Å². The molecule has 2 heterocycles. The Morgan fingerprint density at radius 2 is 1.89 bits per heavy atom. The third kappa shape index (κ3) is 4.76. The summed E-state index contributed by atoms with van der Waals surface area (Å²) >= 11 is 1.24. The molecule has 27 heavy (non-hydrogen) atoms. The van der Waals surface area contributed by atoms with Gasteiger partial charge in [0.15, 0.2) is 6.54 Å². The van der Waals surface area contributed by atoms with Crippen molar-refractivity contribution in [1.29, 1.82) is 0 Å². The Balaban J connectivity index is 1.54. The van der Waals surface area contributed by atoms with Crippen molar-refractivity contribution in [3.8, 4) is 0 Å². The minimum Gasteiger partial charge on any atom is -0.325 e. The van der Waals surface area contributed by atoms with E-state index in [0.29, 0.717) is 42.9 Å². The smallest absolute Gasteiger partial charge is 0.279 e. The highest BCUT2D eigenvalue weighted by Gasteiger charge is 2.31. The van der Waals surface area contributed by atoms with Gasteiger partial charge in [-0.1, -0.05) is 38.1 Å². The van der Waals surface area contributed by atoms with Gasteiger partial charge in [0.05, 0.1) is 26.2 Å². The van der Waals surface area contributed by atoms with E-state index < -0.39 is 10.0 Å². The van der Waals surface area contributed by atoms with E-state index >= 15 is 0 Å². The van der Waals surface area contributed by atoms with E-state index in [2.05, 4.69) is 19.2 Å². The van der Waals surface area contributed by atoms with Crippen LogP contribution in [0.15, 0.2) is 46.0 Å². The Morgan fingerprint density at radius 3 is 2.52 bits per heavy atom. The number of benzene rings is 1. The van der Waals surface area contributed by atoms with Gasteiger partial charge in [-0.2, -0.15) is 4.31 Å². The number of sulfonamides is 1. The van der Waals surface area contributed by atoms with Crippen LogP contribution in [0, 0.1) is 0 Å². The first-order valence-corrected chi connectivity index (χ1v) is 11.5. The van der Waals surface area contributed by atoms with E-state index in [9.17, 15) is 13.2 Å². The van der Waals surface area contributed by atoms with Crippen molar-refractivity contribution in [1.82, 2.24) is 4.31 Å². The number of thiophene rings is 1. The number of para-hydroxylation sites is 1. The quantitative estimate of drug-likeness (QED) is 0.759. The summed E-state index contributed by atoms with van der Waals surface area (Å²) in [6.07, 6.45) is 0. The molecule has 0 atom stereocenters. The van der Waals surface area contributed by atoms with E-state index in [0.717, 1.165) is 16.2 Å². The SMILES string of the molecule is CC(C)c1ccccc1NC(=O)C[NH+]1CCN(S(=O)(=O)c2cccs2)CC1. The summed E-state index contributed by atoms with van der Waals surface area (Å²) in [5.41, 5.74) is 1.98. The maximum Gasteiger partial charge on any atom is 0.279 e. The standard InChI is InChI=1S/C19H25N3O3S2/c1-15(2)16-6-3-4-7-17(16)20-18(23)14-21-9-11-22(12-10-21)27(24,25)19-8-5-13-26-19/h3-8,13,15H,9-12,14H2,1-2H3,(H,20,23)/p+1. The molecule has 2 N–H and O–H groups in total. The van der Waals surface area contributed by atoms with E-state index in [1.807, 2.05) is 24.3 Å². The Labute approximate surface area is 164 Å².